The Morgan fingerprint density at radius 3 is 2.56 bits per heavy atom. The number of benzene rings is 3. The summed E-state index contributed by atoms with van der Waals surface area (Å²) in [7, 11) is 0. The van der Waals surface area contributed by atoms with Gasteiger partial charge in [-0.15, -0.1) is 4.68 Å². The molecule has 134 valence electrons. The molecule has 0 aliphatic rings. The van der Waals surface area contributed by atoms with Crippen molar-refractivity contribution in [3.63, 3.8) is 0 Å². The van der Waals surface area contributed by atoms with E-state index < -0.39 is 11.2 Å². The summed E-state index contributed by atoms with van der Waals surface area (Å²) in [6.45, 7) is 2.39. The topological polar surface area (TPSA) is 76.5 Å². The van der Waals surface area contributed by atoms with E-state index in [1.165, 1.54) is 6.21 Å². The first-order valence-corrected chi connectivity index (χ1v) is 8.62. The van der Waals surface area contributed by atoms with Crippen LogP contribution in [0, 0.1) is 0 Å². The second-order valence-electron chi connectivity index (χ2n) is 5.97. The van der Waals surface area contributed by atoms with Crippen molar-refractivity contribution in [2.24, 2.45) is 5.10 Å². The highest BCUT2D eigenvalue weighted by atomic mass is 16.5. The lowest BCUT2D eigenvalue weighted by Gasteiger charge is -2.10. The van der Waals surface area contributed by atoms with E-state index in [-0.39, 0.29) is 0 Å². The molecular weight excluding hydrogens is 342 g/mol. The summed E-state index contributed by atoms with van der Waals surface area (Å²) in [4.78, 5) is 27.6. The molecule has 0 saturated heterocycles. The summed E-state index contributed by atoms with van der Waals surface area (Å²) >= 11 is 0. The zero-order chi connectivity index (χ0) is 18.8. The lowest BCUT2D eigenvalue weighted by atomic mass is 10.0. The first kappa shape index (κ1) is 16.8. The van der Waals surface area contributed by atoms with Crippen LogP contribution < -0.4 is 16.0 Å². The first-order chi connectivity index (χ1) is 13.2. The molecule has 0 aliphatic heterocycles. The summed E-state index contributed by atoms with van der Waals surface area (Å²) in [5.74, 6) is 0.644. The number of rotatable bonds is 4. The van der Waals surface area contributed by atoms with Crippen LogP contribution in [0.4, 0.5) is 0 Å². The Morgan fingerprint density at radius 1 is 1.00 bits per heavy atom. The number of ether oxygens (including phenoxy) is 1. The van der Waals surface area contributed by atoms with Crippen molar-refractivity contribution in [3.05, 3.63) is 87.1 Å². The van der Waals surface area contributed by atoms with E-state index in [2.05, 4.69) is 10.1 Å². The van der Waals surface area contributed by atoms with E-state index in [1.54, 1.807) is 24.3 Å². The number of aromatic nitrogens is 2. The minimum absolute atomic E-state index is 0.400. The normalized spacial score (nSPS) is 11.4. The molecule has 0 aliphatic carbocycles. The number of aromatic amines is 1. The van der Waals surface area contributed by atoms with Gasteiger partial charge in [-0.3, -0.25) is 4.79 Å². The predicted octanol–water partition coefficient (Wildman–Crippen LogP) is 3.12. The molecule has 0 spiro atoms. The molecule has 6 nitrogen and oxygen atoms in total. The molecular formula is C21H17N3O3. The van der Waals surface area contributed by atoms with Crippen molar-refractivity contribution in [2.75, 3.05) is 6.61 Å². The third kappa shape index (κ3) is 3.01. The van der Waals surface area contributed by atoms with Crippen LogP contribution in [0.25, 0.3) is 21.7 Å². The molecule has 0 radical (unpaired) electrons. The Kier molecular flexibility index (Phi) is 4.30. The molecule has 3 aromatic carbocycles. The van der Waals surface area contributed by atoms with E-state index in [1.807, 2.05) is 43.3 Å². The van der Waals surface area contributed by atoms with E-state index in [0.717, 1.165) is 21.0 Å². The van der Waals surface area contributed by atoms with Crippen LogP contribution in [-0.2, 0) is 0 Å². The summed E-state index contributed by atoms with van der Waals surface area (Å²) in [5.41, 5.74) is 0.144. The van der Waals surface area contributed by atoms with E-state index in [0.29, 0.717) is 23.3 Å². The van der Waals surface area contributed by atoms with Gasteiger partial charge in [0.25, 0.3) is 5.56 Å². The minimum atomic E-state index is -0.590. The van der Waals surface area contributed by atoms with Crippen LogP contribution in [0.2, 0.25) is 0 Å². The van der Waals surface area contributed by atoms with Gasteiger partial charge in [-0.25, -0.2) is 4.79 Å². The molecule has 0 fully saturated rings. The van der Waals surface area contributed by atoms with Crippen molar-refractivity contribution >= 4 is 27.9 Å². The SMILES string of the molecule is CCOc1ccc2ccccc2c1C=Nn1c(=O)[nH]c2ccccc2c1=O. The fourth-order valence-corrected chi connectivity index (χ4v) is 3.06. The number of nitrogens with zero attached hydrogens (tertiary/aromatic N) is 2. The standard InChI is InChI=1S/C21H17N3O3/c1-2-27-19-12-11-14-7-3-4-8-15(14)17(19)13-22-24-20(25)16-9-5-6-10-18(16)23-21(24)26/h3-13H,2H2,1H3,(H,23,26). The van der Waals surface area contributed by atoms with Gasteiger partial charge in [-0.05, 0) is 35.9 Å². The van der Waals surface area contributed by atoms with Gasteiger partial charge in [0.1, 0.15) is 5.75 Å². The van der Waals surface area contributed by atoms with Crippen LogP contribution in [0.3, 0.4) is 0 Å². The van der Waals surface area contributed by atoms with E-state index in [4.69, 9.17) is 4.74 Å². The third-order valence-corrected chi connectivity index (χ3v) is 4.32. The van der Waals surface area contributed by atoms with Crippen molar-refractivity contribution < 1.29 is 4.74 Å². The Morgan fingerprint density at radius 2 is 1.74 bits per heavy atom. The maximum absolute atomic E-state index is 12.6. The highest BCUT2D eigenvalue weighted by molar-refractivity contribution is 6.02. The van der Waals surface area contributed by atoms with Crippen LogP contribution in [0.5, 0.6) is 5.75 Å². The Bertz CT molecular complexity index is 1290. The van der Waals surface area contributed by atoms with Gasteiger partial charge in [0, 0.05) is 5.56 Å². The molecule has 0 unspecified atom stereocenters. The summed E-state index contributed by atoms with van der Waals surface area (Å²) in [6, 6.07) is 18.5. The van der Waals surface area contributed by atoms with Crippen molar-refractivity contribution in [2.45, 2.75) is 6.92 Å². The fourth-order valence-electron chi connectivity index (χ4n) is 3.06. The minimum Gasteiger partial charge on any atom is -0.493 e. The number of fused-ring (bicyclic) bond motifs is 2. The van der Waals surface area contributed by atoms with Crippen LogP contribution in [-0.4, -0.2) is 22.5 Å². The van der Waals surface area contributed by atoms with Gasteiger partial charge >= 0.3 is 5.69 Å². The average molecular weight is 359 g/mol. The van der Waals surface area contributed by atoms with Gasteiger partial charge in [0.15, 0.2) is 0 Å². The lowest BCUT2D eigenvalue weighted by Crippen LogP contribution is -2.32. The Balaban J connectivity index is 1.91. The van der Waals surface area contributed by atoms with Crippen LogP contribution in [0.15, 0.2) is 75.4 Å². The summed E-state index contributed by atoms with van der Waals surface area (Å²) in [5, 5.41) is 6.52. The predicted molar refractivity (Wildman–Crippen MR) is 107 cm³/mol. The van der Waals surface area contributed by atoms with E-state index >= 15 is 0 Å². The van der Waals surface area contributed by atoms with Crippen molar-refractivity contribution in [1.29, 1.82) is 0 Å². The van der Waals surface area contributed by atoms with Crippen LogP contribution >= 0.6 is 0 Å². The monoisotopic (exact) mass is 359 g/mol. The van der Waals surface area contributed by atoms with Gasteiger partial charge in [-0.2, -0.15) is 5.10 Å². The fraction of sp³-hybridized carbons (Fsp3) is 0.0952. The summed E-state index contributed by atoms with van der Waals surface area (Å²) < 4.78 is 6.53. The number of nitrogens with one attached hydrogen (secondary N) is 1. The third-order valence-electron chi connectivity index (χ3n) is 4.32. The van der Waals surface area contributed by atoms with Gasteiger partial charge < -0.3 is 9.72 Å². The molecule has 0 atom stereocenters. The molecule has 4 rings (SSSR count). The van der Waals surface area contributed by atoms with Gasteiger partial charge in [0.2, 0.25) is 0 Å². The molecule has 1 heterocycles. The average Bonchev–Trinajstić information content (AvgIpc) is 2.69. The van der Waals surface area contributed by atoms with Crippen molar-refractivity contribution in [3.8, 4) is 5.75 Å². The molecule has 1 aromatic heterocycles. The van der Waals surface area contributed by atoms with Gasteiger partial charge in [0.05, 0.1) is 23.7 Å². The quantitative estimate of drug-likeness (QED) is 0.569. The Labute approximate surface area is 154 Å². The molecule has 1 N–H and O–H groups in total. The zero-order valence-electron chi connectivity index (χ0n) is 14.7. The molecule has 4 aromatic rings. The van der Waals surface area contributed by atoms with Gasteiger partial charge in [-0.1, -0.05) is 42.5 Å². The number of para-hydroxylation sites is 1. The first-order valence-electron chi connectivity index (χ1n) is 8.62. The van der Waals surface area contributed by atoms with E-state index in [9.17, 15) is 9.59 Å². The van der Waals surface area contributed by atoms with Crippen LogP contribution in [0.1, 0.15) is 12.5 Å². The second kappa shape index (κ2) is 6.92. The summed E-state index contributed by atoms with van der Waals surface area (Å²) in [6.07, 6.45) is 1.50. The highest BCUT2D eigenvalue weighted by Crippen LogP contribution is 2.26. The smallest absolute Gasteiger partial charge is 0.349 e. The van der Waals surface area contributed by atoms with Crippen molar-refractivity contribution in [1.82, 2.24) is 9.66 Å². The molecule has 27 heavy (non-hydrogen) atoms. The maximum Gasteiger partial charge on any atom is 0.349 e. The largest absolute Gasteiger partial charge is 0.493 e. The molecule has 0 saturated carbocycles. The lowest BCUT2D eigenvalue weighted by molar-refractivity contribution is 0.340. The molecule has 0 amide bonds. The second-order valence-corrected chi connectivity index (χ2v) is 5.97. The maximum atomic E-state index is 12.6. The highest BCUT2D eigenvalue weighted by Gasteiger charge is 2.09. The number of hydrogen-bond donors (Lipinski definition) is 1. The Hall–Kier alpha value is -3.67. The zero-order valence-corrected chi connectivity index (χ0v) is 14.7. The number of H-pyrrole nitrogens is 1. The molecule has 0 bridgehead atoms. The molecule has 6 heteroatoms. The number of hydrogen-bond acceptors (Lipinski definition) is 4.